The van der Waals surface area contributed by atoms with Gasteiger partial charge in [0, 0.05) is 17.8 Å². The van der Waals surface area contributed by atoms with Crippen LogP contribution in [0.1, 0.15) is 11.3 Å². The van der Waals surface area contributed by atoms with E-state index < -0.39 is 11.4 Å². The average molecular weight is 213 g/mol. The molecule has 1 aromatic heterocycles. The molecule has 5 nitrogen and oxygen atoms in total. The minimum Gasteiger partial charge on any atom is -0.481 e. The van der Waals surface area contributed by atoms with Gasteiger partial charge in [-0.15, -0.1) is 5.10 Å². The van der Waals surface area contributed by atoms with Crippen molar-refractivity contribution in [3.63, 3.8) is 0 Å². The van der Waals surface area contributed by atoms with Crippen LogP contribution in [0.4, 0.5) is 0 Å². The first kappa shape index (κ1) is 9.54. The Morgan fingerprint density at radius 3 is 3.14 bits per heavy atom. The van der Waals surface area contributed by atoms with Crippen molar-refractivity contribution in [2.24, 2.45) is 5.41 Å². The van der Waals surface area contributed by atoms with E-state index in [1.165, 1.54) is 11.5 Å². The van der Waals surface area contributed by atoms with E-state index >= 15 is 0 Å². The minimum absolute atomic E-state index is 0.535. The summed E-state index contributed by atoms with van der Waals surface area (Å²) in [6.45, 7) is 1.32. The van der Waals surface area contributed by atoms with E-state index in [4.69, 9.17) is 0 Å². The Balaban J connectivity index is 2.16. The second-order valence-electron chi connectivity index (χ2n) is 3.57. The highest BCUT2D eigenvalue weighted by Crippen LogP contribution is 2.30. The normalized spacial score (nSPS) is 26.6. The summed E-state index contributed by atoms with van der Waals surface area (Å²) in [4.78, 5) is 12.1. The molecule has 0 amide bonds. The molecule has 2 heterocycles. The lowest BCUT2D eigenvalue weighted by Gasteiger charge is -2.21. The highest BCUT2D eigenvalue weighted by Gasteiger charge is 2.41. The molecule has 76 valence electrons. The third kappa shape index (κ3) is 1.62. The molecule has 1 atom stereocenters. The van der Waals surface area contributed by atoms with Gasteiger partial charge >= 0.3 is 5.97 Å². The number of carbonyl (C=O) groups is 1. The van der Waals surface area contributed by atoms with Crippen LogP contribution < -0.4 is 5.32 Å². The first-order valence-electron chi connectivity index (χ1n) is 4.43. The molecule has 1 unspecified atom stereocenters. The fourth-order valence-corrected chi connectivity index (χ4v) is 2.39. The van der Waals surface area contributed by atoms with E-state index in [-0.39, 0.29) is 0 Å². The number of aliphatic carboxylic acids is 1. The maximum atomic E-state index is 11.2. The smallest absolute Gasteiger partial charge is 0.311 e. The fraction of sp³-hybridized carbons (Fsp3) is 0.625. The lowest BCUT2D eigenvalue weighted by molar-refractivity contribution is -0.147. The van der Waals surface area contributed by atoms with Gasteiger partial charge in [-0.05, 0) is 24.5 Å². The van der Waals surface area contributed by atoms with Crippen molar-refractivity contribution in [1.82, 2.24) is 14.9 Å². The third-order valence-electron chi connectivity index (χ3n) is 2.62. The molecule has 0 aromatic carbocycles. The molecular formula is C8H11N3O2S. The molecular weight excluding hydrogens is 202 g/mol. The van der Waals surface area contributed by atoms with E-state index in [0.29, 0.717) is 19.4 Å². The lowest BCUT2D eigenvalue weighted by Crippen LogP contribution is -2.35. The number of aromatic nitrogens is 2. The van der Waals surface area contributed by atoms with Crippen LogP contribution in [0.3, 0.4) is 0 Å². The van der Waals surface area contributed by atoms with Crippen LogP contribution in [0, 0.1) is 5.41 Å². The summed E-state index contributed by atoms with van der Waals surface area (Å²) in [5, 5.41) is 16.0. The Labute approximate surface area is 85.3 Å². The van der Waals surface area contributed by atoms with Crippen molar-refractivity contribution < 1.29 is 9.90 Å². The van der Waals surface area contributed by atoms with Gasteiger partial charge in [0.1, 0.15) is 0 Å². The van der Waals surface area contributed by atoms with Crippen molar-refractivity contribution in [2.45, 2.75) is 12.8 Å². The number of hydrogen-bond donors (Lipinski definition) is 2. The molecule has 6 heteroatoms. The summed E-state index contributed by atoms with van der Waals surface area (Å²) < 4.78 is 3.73. The van der Waals surface area contributed by atoms with Crippen molar-refractivity contribution in [2.75, 3.05) is 13.1 Å². The maximum absolute atomic E-state index is 11.2. The topological polar surface area (TPSA) is 75.1 Å². The summed E-state index contributed by atoms with van der Waals surface area (Å²) >= 11 is 1.27. The monoisotopic (exact) mass is 213 g/mol. The Bertz CT molecular complexity index is 319. The third-order valence-corrected chi connectivity index (χ3v) is 3.28. The Morgan fingerprint density at radius 2 is 2.64 bits per heavy atom. The molecule has 1 fully saturated rings. The van der Waals surface area contributed by atoms with Crippen molar-refractivity contribution >= 4 is 17.5 Å². The van der Waals surface area contributed by atoms with Gasteiger partial charge in [-0.2, -0.15) is 0 Å². The molecule has 0 spiro atoms. The van der Waals surface area contributed by atoms with Gasteiger partial charge in [0.25, 0.3) is 0 Å². The van der Waals surface area contributed by atoms with Gasteiger partial charge in [0.15, 0.2) is 0 Å². The van der Waals surface area contributed by atoms with Gasteiger partial charge in [0.2, 0.25) is 0 Å². The van der Waals surface area contributed by atoms with Crippen molar-refractivity contribution in [1.29, 1.82) is 0 Å². The van der Waals surface area contributed by atoms with Crippen LogP contribution in [-0.2, 0) is 11.2 Å². The number of carboxylic acids is 1. The van der Waals surface area contributed by atoms with Gasteiger partial charge in [-0.25, -0.2) is 0 Å². The molecule has 0 radical (unpaired) electrons. The molecule has 0 saturated carbocycles. The first-order chi connectivity index (χ1) is 6.73. The van der Waals surface area contributed by atoms with E-state index in [1.54, 1.807) is 6.20 Å². The summed E-state index contributed by atoms with van der Waals surface area (Å²) in [6, 6.07) is 0. The standard InChI is InChI=1S/C8H11N3O2S/c12-7(13)8(1-2-9-5-8)3-6-4-10-11-14-6/h4,9H,1-3,5H2,(H,12,13). The molecule has 2 N–H and O–H groups in total. The van der Waals surface area contributed by atoms with Gasteiger partial charge < -0.3 is 10.4 Å². The van der Waals surface area contributed by atoms with E-state index in [0.717, 1.165) is 11.4 Å². The fourth-order valence-electron chi connectivity index (χ4n) is 1.75. The van der Waals surface area contributed by atoms with E-state index in [1.807, 2.05) is 0 Å². The quantitative estimate of drug-likeness (QED) is 0.747. The van der Waals surface area contributed by atoms with Crippen LogP contribution >= 0.6 is 11.5 Å². The summed E-state index contributed by atoms with van der Waals surface area (Å²) in [5.41, 5.74) is -0.645. The van der Waals surface area contributed by atoms with Gasteiger partial charge in [0.05, 0.1) is 11.6 Å². The zero-order valence-electron chi connectivity index (χ0n) is 7.56. The zero-order chi connectivity index (χ0) is 10.0. The largest absolute Gasteiger partial charge is 0.481 e. The summed E-state index contributed by atoms with van der Waals surface area (Å²) in [6.07, 6.45) is 2.86. The molecule has 14 heavy (non-hydrogen) atoms. The Kier molecular flexibility index (Phi) is 2.47. The molecule has 0 aliphatic carbocycles. The van der Waals surface area contributed by atoms with Crippen molar-refractivity contribution in [3.8, 4) is 0 Å². The highest BCUT2D eigenvalue weighted by molar-refractivity contribution is 7.05. The lowest BCUT2D eigenvalue weighted by atomic mass is 9.83. The van der Waals surface area contributed by atoms with Gasteiger partial charge in [-0.1, -0.05) is 4.49 Å². The van der Waals surface area contributed by atoms with Crippen LogP contribution in [0.5, 0.6) is 0 Å². The van der Waals surface area contributed by atoms with Crippen LogP contribution in [0.25, 0.3) is 0 Å². The molecule has 1 aliphatic heterocycles. The summed E-state index contributed by atoms with van der Waals surface area (Å²) in [5.74, 6) is -0.726. The minimum atomic E-state index is -0.726. The molecule has 1 aromatic rings. The number of nitrogens with zero attached hydrogens (tertiary/aromatic N) is 2. The molecule has 2 rings (SSSR count). The van der Waals surface area contributed by atoms with Crippen LogP contribution in [0.15, 0.2) is 6.20 Å². The average Bonchev–Trinajstić information content (AvgIpc) is 2.76. The van der Waals surface area contributed by atoms with E-state index in [2.05, 4.69) is 14.9 Å². The second-order valence-corrected chi connectivity index (χ2v) is 4.44. The number of nitrogens with one attached hydrogen (secondary N) is 1. The highest BCUT2D eigenvalue weighted by atomic mass is 32.1. The van der Waals surface area contributed by atoms with Crippen LogP contribution in [-0.4, -0.2) is 33.8 Å². The first-order valence-corrected chi connectivity index (χ1v) is 5.21. The SMILES string of the molecule is O=C(O)C1(Cc2cnns2)CCNC1. The van der Waals surface area contributed by atoms with Gasteiger partial charge in [-0.3, -0.25) is 4.79 Å². The zero-order valence-corrected chi connectivity index (χ0v) is 8.38. The predicted octanol–water partition coefficient (Wildman–Crippen LogP) is 0.145. The molecule has 1 aliphatic rings. The summed E-state index contributed by atoms with van der Waals surface area (Å²) in [7, 11) is 0. The predicted molar refractivity (Wildman–Crippen MR) is 51.2 cm³/mol. The second kappa shape index (κ2) is 3.62. The molecule has 0 bridgehead atoms. The number of hydrogen-bond acceptors (Lipinski definition) is 5. The van der Waals surface area contributed by atoms with Crippen molar-refractivity contribution in [3.05, 3.63) is 11.1 Å². The van der Waals surface area contributed by atoms with E-state index in [9.17, 15) is 9.90 Å². The maximum Gasteiger partial charge on any atom is 0.311 e. The molecule has 1 saturated heterocycles. The Morgan fingerprint density at radius 1 is 1.79 bits per heavy atom. The van der Waals surface area contributed by atoms with Crippen LogP contribution in [0.2, 0.25) is 0 Å². The Hall–Kier alpha value is -1.01. The number of carboxylic acid groups (broad SMARTS) is 1. The number of rotatable bonds is 3.